The van der Waals surface area contributed by atoms with Crippen LogP contribution in [0.15, 0.2) is 12.7 Å². The number of hydrogen-bond acceptors (Lipinski definition) is 2. The first-order chi connectivity index (χ1) is 5.80. The van der Waals surface area contributed by atoms with Gasteiger partial charge >= 0.3 is 0 Å². The van der Waals surface area contributed by atoms with Crippen molar-refractivity contribution in [3.63, 3.8) is 0 Å². The molecule has 1 amide bonds. The second-order valence-electron chi connectivity index (χ2n) is 2.91. The number of carbonyl (C=O) groups is 1. The summed E-state index contributed by atoms with van der Waals surface area (Å²) in [5.41, 5.74) is 0. The molecule has 0 spiro atoms. The minimum absolute atomic E-state index is 0.360. The molecule has 0 aromatic heterocycles. The molecular formula is C8H14Cl2N2O. The minimum atomic E-state index is -1.40. The molecular weight excluding hydrogens is 211 g/mol. The lowest BCUT2D eigenvalue weighted by atomic mass is 10.4. The fourth-order valence-electron chi connectivity index (χ4n) is 0.777. The average Bonchev–Trinajstić information content (AvgIpc) is 1.96. The number of carbonyl (C=O) groups excluding carboxylic acids is 1. The molecule has 0 saturated carbocycles. The predicted molar refractivity (Wildman–Crippen MR) is 55.7 cm³/mol. The molecule has 0 aromatic carbocycles. The molecule has 0 atom stereocenters. The van der Waals surface area contributed by atoms with Crippen LogP contribution in [-0.2, 0) is 4.79 Å². The quantitative estimate of drug-likeness (QED) is 0.412. The van der Waals surface area contributed by atoms with Crippen molar-refractivity contribution in [1.82, 2.24) is 10.0 Å². The van der Waals surface area contributed by atoms with Crippen LogP contribution in [0.1, 0.15) is 6.92 Å². The van der Waals surface area contributed by atoms with Crippen molar-refractivity contribution in [1.29, 1.82) is 0 Å². The number of alkyl halides is 2. The Morgan fingerprint density at radius 1 is 1.54 bits per heavy atom. The second kappa shape index (κ2) is 4.84. The van der Waals surface area contributed by atoms with Crippen LogP contribution in [0.2, 0.25) is 0 Å². The van der Waals surface area contributed by atoms with Gasteiger partial charge in [-0.1, -0.05) is 29.3 Å². The lowest BCUT2D eigenvalue weighted by Crippen LogP contribution is -2.48. The molecule has 0 aliphatic rings. The topological polar surface area (TPSA) is 23.6 Å². The van der Waals surface area contributed by atoms with E-state index in [9.17, 15) is 4.79 Å². The highest BCUT2D eigenvalue weighted by atomic mass is 35.5. The Labute approximate surface area is 88.9 Å². The molecule has 13 heavy (non-hydrogen) atoms. The second-order valence-corrected chi connectivity index (χ2v) is 4.62. The van der Waals surface area contributed by atoms with Crippen molar-refractivity contribution in [2.75, 3.05) is 20.6 Å². The molecule has 0 heterocycles. The van der Waals surface area contributed by atoms with Gasteiger partial charge in [-0.05, 0) is 6.92 Å². The number of rotatable bonds is 4. The van der Waals surface area contributed by atoms with E-state index in [1.54, 1.807) is 25.2 Å². The van der Waals surface area contributed by atoms with Gasteiger partial charge < -0.3 is 0 Å². The summed E-state index contributed by atoms with van der Waals surface area (Å²) in [4.78, 5) is 11.6. The van der Waals surface area contributed by atoms with E-state index in [1.807, 2.05) is 0 Å². The van der Waals surface area contributed by atoms with Crippen LogP contribution in [0.3, 0.4) is 0 Å². The van der Waals surface area contributed by atoms with Crippen molar-refractivity contribution in [3.8, 4) is 0 Å². The van der Waals surface area contributed by atoms with E-state index in [2.05, 4.69) is 6.58 Å². The molecule has 76 valence electrons. The molecule has 0 rings (SSSR count). The normalized spacial score (nSPS) is 11.5. The van der Waals surface area contributed by atoms with Crippen LogP contribution in [0, 0.1) is 0 Å². The largest absolute Gasteiger partial charge is 0.273 e. The van der Waals surface area contributed by atoms with Crippen LogP contribution < -0.4 is 0 Å². The van der Waals surface area contributed by atoms with Crippen molar-refractivity contribution >= 4 is 29.1 Å². The van der Waals surface area contributed by atoms with Gasteiger partial charge in [0.2, 0.25) is 0 Å². The zero-order chi connectivity index (χ0) is 10.6. The van der Waals surface area contributed by atoms with Crippen molar-refractivity contribution in [3.05, 3.63) is 12.7 Å². The zero-order valence-corrected chi connectivity index (χ0v) is 9.56. The molecule has 0 aromatic rings. The molecule has 0 fully saturated rings. The lowest BCUT2D eigenvalue weighted by Gasteiger charge is -2.31. The summed E-state index contributed by atoms with van der Waals surface area (Å²) in [5, 5.41) is 3.03. The molecule has 0 unspecified atom stereocenters. The van der Waals surface area contributed by atoms with E-state index < -0.39 is 4.33 Å². The summed E-state index contributed by atoms with van der Waals surface area (Å²) in [6.45, 7) is 5.37. The Balaban J connectivity index is 4.56. The summed E-state index contributed by atoms with van der Waals surface area (Å²) in [5.74, 6) is -0.360. The number of hydrazine groups is 1. The van der Waals surface area contributed by atoms with Gasteiger partial charge in [-0.2, -0.15) is 0 Å². The predicted octanol–water partition coefficient (Wildman–Crippen LogP) is 1.67. The number of amides is 1. The monoisotopic (exact) mass is 224 g/mol. The molecule has 0 radical (unpaired) electrons. The first kappa shape index (κ1) is 12.8. The highest BCUT2D eigenvalue weighted by Crippen LogP contribution is 2.22. The van der Waals surface area contributed by atoms with Gasteiger partial charge in [0.15, 0.2) is 4.33 Å². The van der Waals surface area contributed by atoms with Crippen LogP contribution in [0.4, 0.5) is 0 Å². The molecule has 5 heteroatoms. The van der Waals surface area contributed by atoms with Gasteiger partial charge in [0.25, 0.3) is 5.91 Å². The van der Waals surface area contributed by atoms with E-state index in [-0.39, 0.29) is 5.91 Å². The third kappa shape index (κ3) is 3.98. The summed E-state index contributed by atoms with van der Waals surface area (Å²) in [6.07, 6.45) is 1.61. The summed E-state index contributed by atoms with van der Waals surface area (Å²) in [6, 6.07) is 0. The van der Waals surface area contributed by atoms with Gasteiger partial charge in [-0.15, -0.1) is 6.58 Å². The first-order valence-electron chi connectivity index (χ1n) is 3.78. The Kier molecular flexibility index (Phi) is 4.75. The maximum absolute atomic E-state index is 11.6. The van der Waals surface area contributed by atoms with Gasteiger partial charge in [-0.3, -0.25) is 9.80 Å². The smallest absolute Gasteiger partial charge is 0.270 e. The van der Waals surface area contributed by atoms with Crippen LogP contribution in [0.25, 0.3) is 0 Å². The molecule has 0 saturated heterocycles. The van der Waals surface area contributed by atoms with Crippen molar-refractivity contribution in [2.24, 2.45) is 0 Å². The minimum Gasteiger partial charge on any atom is -0.270 e. The molecule has 3 nitrogen and oxygen atoms in total. The summed E-state index contributed by atoms with van der Waals surface area (Å²) in [7, 11) is 3.47. The van der Waals surface area contributed by atoms with Gasteiger partial charge in [0.1, 0.15) is 0 Å². The van der Waals surface area contributed by atoms with E-state index in [0.717, 1.165) is 0 Å². The SMILES string of the molecule is C=CCN(C(=O)C(C)(Cl)Cl)N(C)C. The first-order valence-corrected chi connectivity index (χ1v) is 4.54. The summed E-state index contributed by atoms with van der Waals surface area (Å²) < 4.78 is -1.40. The Hall–Kier alpha value is -0.250. The lowest BCUT2D eigenvalue weighted by molar-refractivity contribution is -0.143. The number of hydrogen-bond donors (Lipinski definition) is 0. The van der Waals surface area contributed by atoms with E-state index in [0.29, 0.717) is 6.54 Å². The molecule has 0 N–H and O–H groups in total. The van der Waals surface area contributed by atoms with Gasteiger partial charge in [-0.25, -0.2) is 5.01 Å². The highest BCUT2D eigenvalue weighted by molar-refractivity contribution is 6.57. The third-order valence-electron chi connectivity index (χ3n) is 1.39. The van der Waals surface area contributed by atoms with Crippen LogP contribution in [-0.4, -0.2) is 40.9 Å². The molecule has 0 aliphatic heterocycles. The average molecular weight is 225 g/mol. The Morgan fingerprint density at radius 2 is 2.00 bits per heavy atom. The highest BCUT2D eigenvalue weighted by Gasteiger charge is 2.32. The van der Waals surface area contributed by atoms with Crippen LogP contribution >= 0.6 is 23.2 Å². The Morgan fingerprint density at radius 3 is 2.23 bits per heavy atom. The third-order valence-corrected chi connectivity index (χ3v) is 1.72. The Bertz CT molecular complexity index is 199. The zero-order valence-electron chi connectivity index (χ0n) is 8.05. The fourth-order valence-corrected chi connectivity index (χ4v) is 0.972. The summed E-state index contributed by atoms with van der Waals surface area (Å²) >= 11 is 11.3. The van der Waals surface area contributed by atoms with Crippen LogP contribution in [0.5, 0.6) is 0 Å². The van der Waals surface area contributed by atoms with Gasteiger partial charge in [0, 0.05) is 14.1 Å². The molecule has 0 bridgehead atoms. The van der Waals surface area contributed by atoms with E-state index in [1.165, 1.54) is 11.9 Å². The molecule has 0 aliphatic carbocycles. The van der Waals surface area contributed by atoms with Crippen molar-refractivity contribution in [2.45, 2.75) is 11.3 Å². The van der Waals surface area contributed by atoms with E-state index in [4.69, 9.17) is 23.2 Å². The maximum Gasteiger partial charge on any atom is 0.273 e. The van der Waals surface area contributed by atoms with Crippen molar-refractivity contribution < 1.29 is 4.79 Å². The maximum atomic E-state index is 11.6. The van der Waals surface area contributed by atoms with E-state index >= 15 is 0 Å². The fraction of sp³-hybridized carbons (Fsp3) is 0.625. The number of nitrogens with zero attached hydrogens (tertiary/aromatic N) is 2. The van der Waals surface area contributed by atoms with Gasteiger partial charge in [0.05, 0.1) is 6.54 Å². The number of halogens is 2. The standard InChI is InChI=1S/C8H14Cl2N2O/c1-5-6-12(11(3)4)7(13)8(2,9)10/h5H,1,6H2,2-4H3.